The Morgan fingerprint density at radius 2 is 1.95 bits per heavy atom. The average molecular weight is 270 g/mol. The zero-order valence-electron chi connectivity index (χ0n) is 12.4. The van der Waals surface area contributed by atoms with Gasteiger partial charge < -0.3 is 10.2 Å². The molecule has 2 aromatic carbocycles. The first-order chi connectivity index (χ1) is 9.58. The molecular formula is C17H22N2O. The first-order valence-corrected chi connectivity index (χ1v) is 7.00. The van der Waals surface area contributed by atoms with E-state index < -0.39 is 0 Å². The lowest BCUT2D eigenvalue weighted by Crippen LogP contribution is -2.27. The summed E-state index contributed by atoms with van der Waals surface area (Å²) in [5.74, 6) is 0.0117. The van der Waals surface area contributed by atoms with Crippen LogP contribution in [0.25, 0.3) is 10.8 Å². The fraction of sp³-hybridized carbons (Fsp3) is 0.353. The Morgan fingerprint density at radius 1 is 1.20 bits per heavy atom. The molecule has 0 atom stereocenters. The molecule has 0 saturated carbocycles. The summed E-state index contributed by atoms with van der Waals surface area (Å²) in [7, 11) is 4.07. The second-order valence-electron chi connectivity index (χ2n) is 5.43. The number of fused-ring (bicyclic) bond motifs is 1. The van der Waals surface area contributed by atoms with Gasteiger partial charge in [-0.1, -0.05) is 24.3 Å². The molecule has 0 heterocycles. The second-order valence-corrected chi connectivity index (χ2v) is 5.43. The average Bonchev–Trinajstić information content (AvgIpc) is 2.43. The summed E-state index contributed by atoms with van der Waals surface area (Å²) < 4.78 is 0. The number of amides is 1. The molecule has 0 bridgehead atoms. The van der Waals surface area contributed by atoms with Gasteiger partial charge in [-0.05, 0) is 62.5 Å². The Morgan fingerprint density at radius 3 is 2.70 bits per heavy atom. The Bertz CT molecular complexity index is 605. The summed E-state index contributed by atoms with van der Waals surface area (Å²) in [6.45, 7) is 3.74. The molecule has 0 aromatic heterocycles. The smallest absolute Gasteiger partial charge is 0.251 e. The molecule has 0 unspecified atom stereocenters. The molecule has 0 spiro atoms. The van der Waals surface area contributed by atoms with Crippen molar-refractivity contribution in [2.45, 2.75) is 13.3 Å². The van der Waals surface area contributed by atoms with Crippen LogP contribution in [-0.4, -0.2) is 38.0 Å². The van der Waals surface area contributed by atoms with Crippen molar-refractivity contribution in [1.29, 1.82) is 0 Å². The van der Waals surface area contributed by atoms with Crippen LogP contribution in [0.3, 0.4) is 0 Å². The molecule has 3 nitrogen and oxygen atoms in total. The quantitative estimate of drug-likeness (QED) is 0.847. The zero-order chi connectivity index (χ0) is 14.5. The van der Waals surface area contributed by atoms with Crippen LogP contribution in [0, 0.1) is 6.92 Å². The highest BCUT2D eigenvalue weighted by Gasteiger charge is 2.07. The van der Waals surface area contributed by atoms with E-state index in [4.69, 9.17) is 0 Å². The Hall–Kier alpha value is -1.87. The fourth-order valence-electron chi connectivity index (χ4n) is 2.33. The third-order valence-electron chi connectivity index (χ3n) is 3.40. The second kappa shape index (κ2) is 6.53. The van der Waals surface area contributed by atoms with Gasteiger partial charge >= 0.3 is 0 Å². The van der Waals surface area contributed by atoms with Gasteiger partial charge in [-0.3, -0.25) is 4.79 Å². The zero-order valence-corrected chi connectivity index (χ0v) is 12.4. The van der Waals surface area contributed by atoms with E-state index in [-0.39, 0.29) is 5.91 Å². The van der Waals surface area contributed by atoms with Crippen molar-refractivity contribution in [2.75, 3.05) is 27.2 Å². The van der Waals surface area contributed by atoms with Crippen LogP contribution in [0.2, 0.25) is 0 Å². The monoisotopic (exact) mass is 270 g/mol. The maximum atomic E-state index is 12.2. The van der Waals surface area contributed by atoms with Gasteiger partial charge in [-0.2, -0.15) is 0 Å². The number of hydrogen-bond donors (Lipinski definition) is 1. The highest BCUT2D eigenvalue weighted by Crippen LogP contribution is 2.20. The van der Waals surface area contributed by atoms with Gasteiger partial charge in [0.25, 0.3) is 5.91 Å². The maximum Gasteiger partial charge on any atom is 0.251 e. The molecule has 1 amide bonds. The van der Waals surface area contributed by atoms with Crippen LogP contribution in [-0.2, 0) is 0 Å². The standard InChI is InChI=1S/C17H22N2O/c1-13-11-15(12-14-7-4-5-8-16(13)14)17(20)18-9-6-10-19(2)3/h4-5,7-8,11-12H,6,9-10H2,1-3H3,(H,18,20). The SMILES string of the molecule is Cc1cc(C(=O)NCCCN(C)C)cc2ccccc12. The van der Waals surface area contributed by atoms with E-state index in [0.717, 1.165) is 29.5 Å². The van der Waals surface area contributed by atoms with Gasteiger partial charge in [0.2, 0.25) is 0 Å². The van der Waals surface area contributed by atoms with Crippen LogP contribution in [0.4, 0.5) is 0 Å². The minimum Gasteiger partial charge on any atom is -0.352 e. The normalized spacial score (nSPS) is 11.0. The molecule has 0 aliphatic carbocycles. The molecule has 2 rings (SSSR count). The maximum absolute atomic E-state index is 12.2. The topological polar surface area (TPSA) is 32.3 Å². The third-order valence-corrected chi connectivity index (χ3v) is 3.40. The minimum absolute atomic E-state index is 0.0117. The van der Waals surface area contributed by atoms with Crippen molar-refractivity contribution in [2.24, 2.45) is 0 Å². The number of carbonyl (C=O) groups is 1. The predicted molar refractivity (Wildman–Crippen MR) is 84.2 cm³/mol. The number of benzene rings is 2. The lowest BCUT2D eigenvalue weighted by atomic mass is 10.0. The molecule has 0 radical (unpaired) electrons. The van der Waals surface area contributed by atoms with E-state index in [1.54, 1.807) is 0 Å². The van der Waals surface area contributed by atoms with Gasteiger partial charge in [0.15, 0.2) is 0 Å². The fourth-order valence-corrected chi connectivity index (χ4v) is 2.33. The van der Waals surface area contributed by atoms with E-state index in [2.05, 4.69) is 16.3 Å². The van der Waals surface area contributed by atoms with E-state index in [1.165, 1.54) is 5.39 Å². The van der Waals surface area contributed by atoms with Gasteiger partial charge in [0.1, 0.15) is 0 Å². The van der Waals surface area contributed by atoms with Crippen molar-refractivity contribution in [3.63, 3.8) is 0 Å². The highest BCUT2D eigenvalue weighted by molar-refractivity contribution is 5.99. The van der Waals surface area contributed by atoms with Gasteiger partial charge in [-0.15, -0.1) is 0 Å². The highest BCUT2D eigenvalue weighted by atomic mass is 16.1. The Kier molecular flexibility index (Phi) is 4.74. The lowest BCUT2D eigenvalue weighted by molar-refractivity contribution is 0.0952. The number of hydrogen-bond acceptors (Lipinski definition) is 2. The minimum atomic E-state index is 0.0117. The van der Waals surface area contributed by atoms with Gasteiger partial charge in [0.05, 0.1) is 0 Å². The number of carbonyl (C=O) groups excluding carboxylic acids is 1. The summed E-state index contributed by atoms with van der Waals surface area (Å²) in [6.07, 6.45) is 0.964. The van der Waals surface area contributed by atoms with Crippen molar-refractivity contribution in [3.05, 3.63) is 47.5 Å². The van der Waals surface area contributed by atoms with Gasteiger partial charge in [0, 0.05) is 12.1 Å². The summed E-state index contributed by atoms with van der Waals surface area (Å²) in [5, 5.41) is 5.30. The van der Waals surface area contributed by atoms with Gasteiger partial charge in [-0.25, -0.2) is 0 Å². The molecular weight excluding hydrogens is 248 g/mol. The largest absolute Gasteiger partial charge is 0.352 e. The van der Waals surface area contributed by atoms with Crippen molar-refractivity contribution < 1.29 is 4.79 Å². The molecule has 20 heavy (non-hydrogen) atoms. The number of aryl methyl sites for hydroxylation is 1. The summed E-state index contributed by atoms with van der Waals surface area (Å²) >= 11 is 0. The summed E-state index contributed by atoms with van der Waals surface area (Å²) in [5.41, 5.74) is 1.88. The van der Waals surface area contributed by atoms with Crippen LogP contribution < -0.4 is 5.32 Å². The number of nitrogens with zero attached hydrogens (tertiary/aromatic N) is 1. The van der Waals surface area contributed by atoms with Crippen LogP contribution >= 0.6 is 0 Å². The van der Waals surface area contributed by atoms with Crippen LogP contribution in [0.5, 0.6) is 0 Å². The van der Waals surface area contributed by atoms with E-state index in [9.17, 15) is 4.79 Å². The molecule has 106 valence electrons. The molecule has 0 saturated heterocycles. The molecule has 3 heteroatoms. The molecule has 0 aliphatic heterocycles. The van der Waals surface area contributed by atoms with Crippen LogP contribution in [0.1, 0.15) is 22.3 Å². The van der Waals surface area contributed by atoms with Crippen LogP contribution in [0.15, 0.2) is 36.4 Å². The van der Waals surface area contributed by atoms with Crippen molar-refractivity contribution >= 4 is 16.7 Å². The summed E-state index contributed by atoms with van der Waals surface area (Å²) in [4.78, 5) is 14.3. The molecule has 0 fully saturated rings. The first-order valence-electron chi connectivity index (χ1n) is 7.00. The third kappa shape index (κ3) is 3.58. The van der Waals surface area contributed by atoms with E-state index in [1.807, 2.05) is 51.4 Å². The predicted octanol–water partition coefficient (Wildman–Crippen LogP) is 2.83. The Labute approximate surface area is 120 Å². The number of rotatable bonds is 5. The molecule has 0 aliphatic rings. The molecule has 2 aromatic rings. The van der Waals surface area contributed by atoms with E-state index >= 15 is 0 Å². The lowest BCUT2D eigenvalue weighted by Gasteiger charge is -2.11. The first kappa shape index (κ1) is 14.5. The van der Waals surface area contributed by atoms with Crippen molar-refractivity contribution in [3.8, 4) is 0 Å². The number of nitrogens with one attached hydrogen (secondary N) is 1. The Balaban J connectivity index is 2.07. The molecule has 1 N–H and O–H groups in total. The summed E-state index contributed by atoms with van der Waals surface area (Å²) in [6, 6.07) is 12.1. The van der Waals surface area contributed by atoms with Crippen molar-refractivity contribution in [1.82, 2.24) is 10.2 Å². The van der Waals surface area contributed by atoms with E-state index in [0.29, 0.717) is 6.54 Å².